The molecule has 2 aromatic rings. The standard InChI is InChI=1S/C14H18N4O/c1-4-10-7-6-8-11(5-2)12(10)16-14(19)13-15-9(3)17-18-13/h6-8H,4-5H2,1-3H3,(H,16,19)(H,15,17,18). The van der Waals surface area contributed by atoms with Crippen molar-refractivity contribution in [3.05, 3.63) is 41.0 Å². The Morgan fingerprint density at radius 2 is 1.89 bits per heavy atom. The third-order valence-corrected chi connectivity index (χ3v) is 3.04. The quantitative estimate of drug-likeness (QED) is 0.885. The number of carbonyl (C=O) groups excluding carboxylic acids is 1. The van der Waals surface area contributed by atoms with Crippen molar-refractivity contribution < 1.29 is 4.79 Å². The number of nitrogens with one attached hydrogen (secondary N) is 2. The van der Waals surface area contributed by atoms with E-state index < -0.39 is 0 Å². The van der Waals surface area contributed by atoms with E-state index in [1.807, 2.05) is 18.2 Å². The molecule has 0 atom stereocenters. The van der Waals surface area contributed by atoms with E-state index in [-0.39, 0.29) is 11.7 Å². The fourth-order valence-corrected chi connectivity index (χ4v) is 2.02. The van der Waals surface area contributed by atoms with Gasteiger partial charge in [0.1, 0.15) is 5.82 Å². The summed E-state index contributed by atoms with van der Waals surface area (Å²) >= 11 is 0. The molecule has 0 aliphatic rings. The number of carbonyl (C=O) groups is 1. The van der Waals surface area contributed by atoms with Gasteiger partial charge in [0, 0.05) is 5.69 Å². The van der Waals surface area contributed by atoms with Crippen LogP contribution in [-0.2, 0) is 12.8 Å². The van der Waals surface area contributed by atoms with Gasteiger partial charge >= 0.3 is 0 Å². The van der Waals surface area contributed by atoms with Crippen LogP contribution in [0, 0.1) is 6.92 Å². The molecular weight excluding hydrogens is 240 g/mol. The second-order valence-corrected chi connectivity index (χ2v) is 4.36. The van der Waals surface area contributed by atoms with Crippen LogP contribution in [0.3, 0.4) is 0 Å². The van der Waals surface area contributed by atoms with E-state index >= 15 is 0 Å². The van der Waals surface area contributed by atoms with Crippen molar-refractivity contribution in [2.75, 3.05) is 5.32 Å². The number of aromatic amines is 1. The molecule has 0 aliphatic carbocycles. The first-order chi connectivity index (χ1) is 9.15. The van der Waals surface area contributed by atoms with Crippen LogP contribution in [0.4, 0.5) is 5.69 Å². The molecule has 1 amide bonds. The maximum atomic E-state index is 12.1. The number of aryl methyl sites for hydroxylation is 3. The summed E-state index contributed by atoms with van der Waals surface area (Å²) in [7, 11) is 0. The average Bonchev–Trinajstić information content (AvgIpc) is 2.85. The van der Waals surface area contributed by atoms with E-state index in [2.05, 4.69) is 34.3 Å². The summed E-state index contributed by atoms with van der Waals surface area (Å²) in [5.74, 6) is 0.523. The first-order valence-corrected chi connectivity index (χ1v) is 6.46. The maximum absolute atomic E-state index is 12.1. The number of H-pyrrole nitrogens is 1. The lowest BCUT2D eigenvalue weighted by molar-refractivity contribution is 0.101. The van der Waals surface area contributed by atoms with Gasteiger partial charge in [-0.3, -0.25) is 9.89 Å². The zero-order chi connectivity index (χ0) is 13.8. The Labute approximate surface area is 112 Å². The fraction of sp³-hybridized carbons (Fsp3) is 0.357. The molecule has 1 heterocycles. The highest BCUT2D eigenvalue weighted by molar-refractivity contribution is 6.02. The van der Waals surface area contributed by atoms with Crippen molar-refractivity contribution in [2.24, 2.45) is 0 Å². The van der Waals surface area contributed by atoms with Gasteiger partial charge in [-0.15, -0.1) is 5.10 Å². The fourth-order valence-electron chi connectivity index (χ4n) is 2.02. The second-order valence-electron chi connectivity index (χ2n) is 4.36. The predicted molar refractivity (Wildman–Crippen MR) is 74.3 cm³/mol. The monoisotopic (exact) mass is 258 g/mol. The summed E-state index contributed by atoms with van der Waals surface area (Å²) in [5.41, 5.74) is 3.14. The molecule has 0 spiro atoms. The van der Waals surface area contributed by atoms with Crippen molar-refractivity contribution in [2.45, 2.75) is 33.6 Å². The van der Waals surface area contributed by atoms with E-state index in [9.17, 15) is 4.79 Å². The molecule has 0 fully saturated rings. The molecule has 0 unspecified atom stereocenters. The molecule has 2 N–H and O–H groups in total. The van der Waals surface area contributed by atoms with Gasteiger partial charge < -0.3 is 5.32 Å². The predicted octanol–water partition coefficient (Wildman–Crippen LogP) is 2.49. The number of nitrogens with zero attached hydrogens (tertiary/aromatic N) is 2. The van der Waals surface area contributed by atoms with Gasteiger partial charge in [-0.05, 0) is 30.9 Å². The van der Waals surface area contributed by atoms with Crippen LogP contribution in [0.5, 0.6) is 0 Å². The molecule has 0 radical (unpaired) electrons. The molecule has 5 nitrogen and oxygen atoms in total. The summed E-state index contributed by atoms with van der Waals surface area (Å²) in [6.07, 6.45) is 1.74. The Bertz CT molecular complexity index is 567. The molecule has 0 saturated heterocycles. The molecule has 1 aromatic carbocycles. The lowest BCUT2D eigenvalue weighted by atomic mass is 10.0. The highest BCUT2D eigenvalue weighted by atomic mass is 16.2. The van der Waals surface area contributed by atoms with Crippen LogP contribution in [-0.4, -0.2) is 21.1 Å². The van der Waals surface area contributed by atoms with Crippen molar-refractivity contribution in [3.8, 4) is 0 Å². The molecule has 100 valence electrons. The van der Waals surface area contributed by atoms with Crippen molar-refractivity contribution in [3.63, 3.8) is 0 Å². The van der Waals surface area contributed by atoms with Crippen molar-refractivity contribution in [1.82, 2.24) is 15.2 Å². The summed E-state index contributed by atoms with van der Waals surface area (Å²) in [5, 5.41) is 9.47. The Hall–Kier alpha value is -2.17. The first-order valence-electron chi connectivity index (χ1n) is 6.46. The van der Waals surface area contributed by atoms with Crippen LogP contribution >= 0.6 is 0 Å². The third kappa shape index (κ3) is 2.81. The van der Waals surface area contributed by atoms with Gasteiger partial charge in [-0.25, -0.2) is 4.98 Å². The molecular formula is C14H18N4O. The van der Waals surface area contributed by atoms with E-state index in [4.69, 9.17) is 0 Å². The highest BCUT2D eigenvalue weighted by Crippen LogP contribution is 2.22. The number of rotatable bonds is 4. The van der Waals surface area contributed by atoms with Crippen LogP contribution in [0.1, 0.15) is 41.4 Å². The van der Waals surface area contributed by atoms with Crippen LogP contribution in [0.2, 0.25) is 0 Å². The number of para-hydroxylation sites is 1. The minimum atomic E-state index is -0.278. The second kappa shape index (κ2) is 5.65. The number of amides is 1. The molecule has 0 aliphatic heterocycles. The van der Waals surface area contributed by atoms with Crippen LogP contribution < -0.4 is 5.32 Å². The topological polar surface area (TPSA) is 70.7 Å². The molecule has 5 heteroatoms. The van der Waals surface area contributed by atoms with Gasteiger partial charge in [0.15, 0.2) is 0 Å². The minimum absolute atomic E-state index is 0.172. The molecule has 1 aromatic heterocycles. The van der Waals surface area contributed by atoms with Crippen molar-refractivity contribution in [1.29, 1.82) is 0 Å². The highest BCUT2D eigenvalue weighted by Gasteiger charge is 2.14. The van der Waals surface area contributed by atoms with E-state index in [1.165, 1.54) is 0 Å². The Morgan fingerprint density at radius 1 is 1.26 bits per heavy atom. The average molecular weight is 258 g/mol. The largest absolute Gasteiger partial charge is 0.319 e. The minimum Gasteiger partial charge on any atom is -0.319 e. The zero-order valence-corrected chi connectivity index (χ0v) is 11.4. The number of anilines is 1. The lowest BCUT2D eigenvalue weighted by Gasteiger charge is -2.13. The smallest absolute Gasteiger partial charge is 0.295 e. The molecule has 19 heavy (non-hydrogen) atoms. The van der Waals surface area contributed by atoms with Crippen molar-refractivity contribution >= 4 is 11.6 Å². The Morgan fingerprint density at radius 3 is 2.37 bits per heavy atom. The van der Waals surface area contributed by atoms with Gasteiger partial charge in [0.2, 0.25) is 5.82 Å². The summed E-state index contributed by atoms with van der Waals surface area (Å²) in [6.45, 7) is 5.91. The zero-order valence-electron chi connectivity index (χ0n) is 11.4. The number of hydrogen-bond acceptors (Lipinski definition) is 3. The molecule has 2 rings (SSSR count). The SMILES string of the molecule is CCc1cccc(CC)c1NC(=O)c1n[nH]c(C)n1. The third-order valence-electron chi connectivity index (χ3n) is 3.04. The van der Waals surface area contributed by atoms with E-state index in [0.717, 1.165) is 29.7 Å². The van der Waals surface area contributed by atoms with Gasteiger partial charge in [-0.1, -0.05) is 32.0 Å². The Balaban J connectivity index is 2.30. The normalized spacial score (nSPS) is 10.5. The van der Waals surface area contributed by atoms with Gasteiger partial charge in [-0.2, -0.15) is 0 Å². The maximum Gasteiger partial charge on any atom is 0.295 e. The van der Waals surface area contributed by atoms with Crippen LogP contribution in [0.25, 0.3) is 0 Å². The molecule has 0 bridgehead atoms. The van der Waals surface area contributed by atoms with E-state index in [1.54, 1.807) is 6.92 Å². The first kappa shape index (κ1) is 13.3. The molecule has 0 saturated carbocycles. The van der Waals surface area contributed by atoms with Gasteiger partial charge in [0.05, 0.1) is 0 Å². The number of benzene rings is 1. The van der Waals surface area contributed by atoms with Crippen LogP contribution in [0.15, 0.2) is 18.2 Å². The number of aromatic nitrogens is 3. The summed E-state index contributed by atoms with van der Waals surface area (Å²) in [6, 6.07) is 6.07. The lowest BCUT2D eigenvalue weighted by Crippen LogP contribution is -2.16. The summed E-state index contributed by atoms with van der Waals surface area (Å²) in [4.78, 5) is 16.1. The van der Waals surface area contributed by atoms with E-state index in [0.29, 0.717) is 5.82 Å². The van der Waals surface area contributed by atoms with Gasteiger partial charge in [0.25, 0.3) is 5.91 Å². The number of hydrogen-bond donors (Lipinski definition) is 2. The summed E-state index contributed by atoms with van der Waals surface area (Å²) < 4.78 is 0. The Kier molecular flexibility index (Phi) is 3.94.